The molecule has 0 N–H and O–H groups in total. The zero-order valence-corrected chi connectivity index (χ0v) is 18.2. The fourth-order valence-electron chi connectivity index (χ4n) is 2.48. The summed E-state index contributed by atoms with van der Waals surface area (Å²) in [5.41, 5.74) is 2.12. The van der Waals surface area contributed by atoms with E-state index < -0.39 is 8.32 Å². The average molecular weight is 385 g/mol. The van der Waals surface area contributed by atoms with E-state index in [1.165, 1.54) is 0 Å². The zero-order chi connectivity index (χ0) is 19.9. The summed E-state index contributed by atoms with van der Waals surface area (Å²) in [6.45, 7) is 11.7. The molecule has 27 heavy (non-hydrogen) atoms. The quantitative estimate of drug-likeness (QED) is 0.438. The van der Waals surface area contributed by atoms with Gasteiger partial charge < -0.3 is 9.16 Å². The van der Waals surface area contributed by atoms with Gasteiger partial charge in [-0.25, -0.2) is 0 Å². The van der Waals surface area contributed by atoms with Gasteiger partial charge in [-0.1, -0.05) is 81.4 Å². The van der Waals surface area contributed by atoms with Gasteiger partial charge in [0.05, 0.1) is 5.92 Å². The van der Waals surface area contributed by atoms with Gasteiger partial charge in [0.2, 0.25) is 0 Å². The molecule has 0 saturated carbocycles. The molecule has 0 aromatic heterocycles. The fourth-order valence-corrected chi connectivity index (χ4v) is 3.53. The summed E-state index contributed by atoms with van der Waals surface area (Å²) >= 11 is 0. The van der Waals surface area contributed by atoms with Crippen LogP contribution in [0.25, 0.3) is 0 Å². The Kier molecular flexibility index (Phi) is 7.39. The third-order valence-electron chi connectivity index (χ3n) is 5.33. The SMILES string of the molecule is CC(C)(C)[Si](C)(C)OCC(Cc1ccccc1)C(=O)OCc1ccccc1. The second-order valence-corrected chi connectivity index (χ2v) is 13.4. The van der Waals surface area contributed by atoms with E-state index in [-0.39, 0.29) is 16.9 Å². The average Bonchev–Trinajstić information content (AvgIpc) is 2.64. The predicted molar refractivity (Wildman–Crippen MR) is 113 cm³/mol. The molecule has 0 bridgehead atoms. The Balaban J connectivity index is 2.05. The van der Waals surface area contributed by atoms with Crippen molar-refractivity contribution >= 4 is 14.3 Å². The van der Waals surface area contributed by atoms with E-state index in [1.54, 1.807) is 0 Å². The molecule has 0 aliphatic heterocycles. The van der Waals surface area contributed by atoms with Gasteiger partial charge in [-0.15, -0.1) is 0 Å². The molecule has 3 nitrogen and oxygen atoms in total. The lowest BCUT2D eigenvalue weighted by molar-refractivity contribution is -0.151. The van der Waals surface area contributed by atoms with E-state index in [4.69, 9.17) is 9.16 Å². The standard InChI is InChI=1S/C23H32O3Si/c1-23(2,3)27(4,5)26-18-21(16-19-12-8-6-9-13-19)22(24)25-17-20-14-10-7-11-15-20/h6-15,21H,16-18H2,1-5H3. The summed E-state index contributed by atoms with van der Waals surface area (Å²) in [5.74, 6) is -0.494. The van der Waals surface area contributed by atoms with E-state index in [9.17, 15) is 4.79 Å². The third kappa shape index (κ3) is 6.63. The highest BCUT2D eigenvalue weighted by Gasteiger charge is 2.38. The van der Waals surface area contributed by atoms with Gasteiger partial charge in [0.1, 0.15) is 6.61 Å². The highest BCUT2D eigenvalue weighted by molar-refractivity contribution is 6.74. The lowest BCUT2D eigenvalue weighted by Crippen LogP contribution is -2.43. The smallest absolute Gasteiger partial charge is 0.311 e. The van der Waals surface area contributed by atoms with Crippen molar-refractivity contribution in [3.8, 4) is 0 Å². The van der Waals surface area contributed by atoms with Crippen LogP contribution in [-0.2, 0) is 27.0 Å². The van der Waals surface area contributed by atoms with Crippen molar-refractivity contribution in [2.75, 3.05) is 6.61 Å². The molecule has 0 heterocycles. The van der Waals surface area contributed by atoms with E-state index in [0.29, 0.717) is 19.6 Å². The van der Waals surface area contributed by atoms with Gasteiger partial charge >= 0.3 is 5.97 Å². The molecule has 0 spiro atoms. The molecule has 1 unspecified atom stereocenters. The first-order chi connectivity index (χ1) is 12.7. The van der Waals surface area contributed by atoms with Gasteiger partial charge in [0.15, 0.2) is 8.32 Å². The van der Waals surface area contributed by atoms with Crippen molar-refractivity contribution in [1.82, 2.24) is 0 Å². The molecule has 4 heteroatoms. The van der Waals surface area contributed by atoms with Gasteiger partial charge in [-0.2, -0.15) is 0 Å². The van der Waals surface area contributed by atoms with Crippen molar-refractivity contribution in [3.63, 3.8) is 0 Å². The van der Waals surface area contributed by atoms with E-state index in [1.807, 2.05) is 60.7 Å². The minimum absolute atomic E-state index is 0.109. The van der Waals surface area contributed by atoms with Crippen molar-refractivity contribution in [2.24, 2.45) is 5.92 Å². The summed E-state index contributed by atoms with van der Waals surface area (Å²) in [6, 6.07) is 19.9. The molecule has 2 aromatic rings. The Hall–Kier alpha value is -1.91. The molecule has 0 aliphatic rings. The van der Waals surface area contributed by atoms with Crippen LogP contribution in [0, 0.1) is 5.92 Å². The largest absolute Gasteiger partial charge is 0.461 e. The van der Waals surface area contributed by atoms with Crippen molar-refractivity contribution in [1.29, 1.82) is 0 Å². The van der Waals surface area contributed by atoms with Gasteiger partial charge in [0, 0.05) is 6.61 Å². The minimum Gasteiger partial charge on any atom is -0.461 e. The maximum absolute atomic E-state index is 12.8. The van der Waals surface area contributed by atoms with Gasteiger partial charge in [-0.05, 0) is 35.7 Å². The van der Waals surface area contributed by atoms with E-state index >= 15 is 0 Å². The first-order valence-corrected chi connectivity index (χ1v) is 12.5. The van der Waals surface area contributed by atoms with Gasteiger partial charge in [0.25, 0.3) is 0 Å². The van der Waals surface area contributed by atoms with Gasteiger partial charge in [-0.3, -0.25) is 4.79 Å². The molecule has 146 valence electrons. The summed E-state index contributed by atoms with van der Waals surface area (Å²) in [4.78, 5) is 12.8. The number of hydrogen-bond donors (Lipinski definition) is 0. The molecule has 0 fully saturated rings. The lowest BCUT2D eigenvalue weighted by atomic mass is 10.0. The highest BCUT2D eigenvalue weighted by atomic mass is 28.4. The molecular weight excluding hydrogens is 352 g/mol. The van der Waals surface area contributed by atoms with Crippen LogP contribution in [-0.4, -0.2) is 20.9 Å². The number of benzene rings is 2. The fraction of sp³-hybridized carbons (Fsp3) is 0.435. The van der Waals surface area contributed by atoms with Crippen LogP contribution in [0.3, 0.4) is 0 Å². The molecule has 0 radical (unpaired) electrons. The number of hydrogen-bond acceptors (Lipinski definition) is 3. The topological polar surface area (TPSA) is 35.5 Å². The Morgan fingerprint density at radius 3 is 1.96 bits per heavy atom. The molecular formula is C23H32O3Si. The molecule has 0 aliphatic carbocycles. The van der Waals surface area contributed by atoms with E-state index in [2.05, 4.69) is 33.9 Å². The first kappa shape index (κ1) is 21.4. The Labute approximate surface area is 164 Å². The van der Waals surface area contributed by atoms with Crippen molar-refractivity contribution in [2.45, 2.75) is 51.9 Å². The minimum atomic E-state index is -1.93. The van der Waals surface area contributed by atoms with Crippen LogP contribution in [0.5, 0.6) is 0 Å². The zero-order valence-electron chi connectivity index (χ0n) is 17.2. The highest BCUT2D eigenvalue weighted by Crippen LogP contribution is 2.37. The Bertz CT molecular complexity index is 705. The number of esters is 1. The van der Waals surface area contributed by atoms with Crippen LogP contribution < -0.4 is 0 Å². The number of rotatable bonds is 8. The number of ether oxygens (including phenoxy) is 1. The molecule has 2 aromatic carbocycles. The maximum Gasteiger partial charge on any atom is 0.311 e. The Morgan fingerprint density at radius 1 is 0.926 bits per heavy atom. The van der Waals surface area contributed by atoms with Crippen LogP contribution >= 0.6 is 0 Å². The van der Waals surface area contributed by atoms with Crippen molar-refractivity contribution < 1.29 is 14.0 Å². The molecule has 2 rings (SSSR count). The van der Waals surface area contributed by atoms with E-state index in [0.717, 1.165) is 11.1 Å². The maximum atomic E-state index is 12.8. The summed E-state index contributed by atoms with van der Waals surface area (Å²) in [5, 5.41) is 0.109. The molecule has 0 saturated heterocycles. The molecule has 0 amide bonds. The van der Waals surface area contributed by atoms with Crippen LogP contribution in [0.2, 0.25) is 18.1 Å². The predicted octanol–water partition coefficient (Wildman–Crippen LogP) is 5.61. The normalized spacial score (nSPS) is 13.2. The summed E-state index contributed by atoms with van der Waals surface area (Å²) < 4.78 is 11.9. The van der Waals surface area contributed by atoms with Crippen LogP contribution in [0.15, 0.2) is 60.7 Å². The molecule has 1 atom stereocenters. The Morgan fingerprint density at radius 2 is 1.44 bits per heavy atom. The van der Waals surface area contributed by atoms with Crippen molar-refractivity contribution in [3.05, 3.63) is 71.8 Å². The number of carbonyl (C=O) groups is 1. The van der Waals surface area contributed by atoms with Crippen LogP contribution in [0.4, 0.5) is 0 Å². The summed E-state index contributed by atoms with van der Waals surface area (Å²) in [6.07, 6.45) is 0.628. The second-order valence-electron chi connectivity index (χ2n) is 8.55. The first-order valence-electron chi connectivity index (χ1n) is 9.57. The monoisotopic (exact) mass is 384 g/mol. The van der Waals surface area contributed by atoms with Crippen LogP contribution in [0.1, 0.15) is 31.9 Å². The second kappa shape index (κ2) is 9.33. The lowest BCUT2D eigenvalue weighted by Gasteiger charge is -2.37. The third-order valence-corrected chi connectivity index (χ3v) is 9.83. The number of carbonyl (C=O) groups excluding carboxylic acids is 1. The summed E-state index contributed by atoms with van der Waals surface area (Å²) in [7, 11) is -1.93.